The summed E-state index contributed by atoms with van der Waals surface area (Å²) in [6, 6.07) is 8.82. The summed E-state index contributed by atoms with van der Waals surface area (Å²) in [6.45, 7) is 10.3. The predicted molar refractivity (Wildman–Crippen MR) is 238 cm³/mol. The van der Waals surface area contributed by atoms with Crippen molar-refractivity contribution >= 4 is 6.29 Å². The summed E-state index contributed by atoms with van der Waals surface area (Å²) in [6.07, 6.45) is 19.8. The number of carbonyl (C=O) groups excluding carboxylic acids is 1. The zero-order valence-corrected chi connectivity index (χ0v) is 36.7. The Kier molecular flexibility index (Phi) is 17.9. The van der Waals surface area contributed by atoms with E-state index in [4.69, 9.17) is 9.47 Å². The van der Waals surface area contributed by atoms with Crippen LogP contribution in [0, 0.1) is 35.0 Å². The molecule has 1 aromatic carbocycles. The van der Waals surface area contributed by atoms with Crippen LogP contribution in [0.4, 0.5) is 0 Å². The van der Waals surface area contributed by atoms with Gasteiger partial charge >= 0.3 is 0 Å². The van der Waals surface area contributed by atoms with Gasteiger partial charge in [-0.3, -0.25) is 4.79 Å². The fourth-order valence-electron chi connectivity index (χ4n) is 11.4. The van der Waals surface area contributed by atoms with Crippen molar-refractivity contribution in [3.8, 4) is 0 Å². The lowest BCUT2D eigenvalue weighted by molar-refractivity contribution is -0.194. The number of rotatable bonds is 19. The molecule has 10 nitrogen and oxygen atoms in total. The van der Waals surface area contributed by atoms with Crippen molar-refractivity contribution in [2.45, 2.75) is 102 Å². The summed E-state index contributed by atoms with van der Waals surface area (Å²) in [4.78, 5) is 12.4. The van der Waals surface area contributed by atoms with Crippen molar-refractivity contribution in [3.63, 3.8) is 0 Å². The second-order valence-electron chi connectivity index (χ2n) is 18.2. The number of fused-ring (bicyclic) bond motifs is 5. The lowest BCUT2D eigenvalue weighted by atomic mass is 9.45. The van der Waals surface area contributed by atoms with Crippen LogP contribution in [0.25, 0.3) is 0 Å². The SMILES string of the molecule is C=C(/C=C/C=C(/COCO)[C@@H]1CC[C@]2([C@@H]1O)[C@@H]1C(=C(C)C=O)[C@@H](C=C[C@H]1CCO)C[C@]2(O)CCNC)[C@H]1C/C=C(\C)CN[C@@](CCCO)(CCOC)Cc2cccc(c2)C1. The zero-order chi connectivity index (χ0) is 43.3. The molecule has 3 aliphatic carbocycles. The Morgan fingerprint density at radius 2 is 1.92 bits per heavy atom. The molecule has 0 radical (unpaired) electrons. The molecule has 0 saturated heterocycles. The highest BCUT2D eigenvalue weighted by Gasteiger charge is 2.68. The second kappa shape index (κ2) is 22.4. The first-order valence-corrected chi connectivity index (χ1v) is 22.3. The molecule has 4 bridgehead atoms. The topological polar surface area (TPSA) is 161 Å². The van der Waals surface area contributed by atoms with Crippen molar-refractivity contribution in [1.82, 2.24) is 10.6 Å². The maximum absolute atomic E-state index is 12.9. The molecule has 0 amide bonds. The second-order valence-corrected chi connectivity index (χ2v) is 18.2. The molecule has 1 spiro atoms. The van der Waals surface area contributed by atoms with Crippen LogP contribution in [-0.4, -0.2) is 110 Å². The van der Waals surface area contributed by atoms with E-state index in [9.17, 15) is 30.3 Å². The van der Waals surface area contributed by atoms with Crippen LogP contribution >= 0.6 is 0 Å². The van der Waals surface area contributed by atoms with Crippen molar-refractivity contribution in [1.29, 1.82) is 0 Å². The van der Waals surface area contributed by atoms with E-state index in [0.717, 1.165) is 68.1 Å². The average Bonchev–Trinajstić information content (AvgIpc) is 3.59. The van der Waals surface area contributed by atoms with Crippen LogP contribution in [0.5, 0.6) is 0 Å². The molecule has 4 aliphatic rings. The van der Waals surface area contributed by atoms with E-state index in [1.165, 1.54) is 16.7 Å². The maximum atomic E-state index is 12.9. The van der Waals surface area contributed by atoms with E-state index in [0.29, 0.717) is 50.8 Å². The highest BCUT2D eigenvalue weighted by molar-refractivity contribution is 5.74. The third-order valence-corrected chi connectivity index (χ3v) is 14.5. The minimum atomic E-state index is -1.24. The molecule has 9 atom stereocenters. The van der Waals surface area contributed by atoms with Crippen LogP contribution in [-0.2, 0) is 27.1 Å². The Labute approximate surface area is 359 Å². The third-order valence-electron chi connectivity index (χ3n) is 14.5. The minimum absolute atomic E-state index is 0.0437. The average molecular weight is 831 g/mol. The monoisotopic (exact) mass is 831 g/mol. The van der Waals surface area contributed by atoms with Gasteiger partial charge in [-0.05, 0) is 138 Å². The number of allylic oxidation sites excluding steroid dienone is 9. The number of aliphatic hydroxyl groups excluding tert-OH is 4. The molecule has 60 heavy (non-hydrogen) atoms. The zero-order valence-electron chi connectivity index (χ0n) is 36.7. The summed E-state index contributed by atoms with van der Waals surface area (Å²) in [7, 11) is 3.60. The van der Waals surface area contributed by atoms with Crippen LogP contribution < -0.4 is 10.6 Å². The van der Waals surface area contributed by atoms with E-state index < -0.39 is 23.9 Å². The molecule has 1 heterocycles. The predicted octanol–water partition coefficient (Wildman–Crippen LogP) is 5.70. The number of aliphatic hydroxyl groups is 5. The fourth-order valence-corrected chi connectivity index (χ4v) is 11.4. The van der Waals surface area contributed by atoms with E-state index in [1.807, 2.05) is 26.1 Å². The van der Waals surface area contributed by atoms with Crippen LogP contribution in [0.1, 0.15) is 82.8 Å². The number of ether oxygens (including phenoxy) is 2. The normalized spacial score (nSPS) is 34.0. The summed E-state index contributed by atoms with van der Waals surface area (Å²) in [5.41, 5.74) is 4.74. The van der Waals surface area contributed by atoms with Crippen LogP contribution in [0.15, 0.2) is 95.2 Å². The fraction of sp³-hybridized carbons (Fsp3) is 0.620. The van der Waals surface area contributed by atoms with Gasteiger partial charge in [0.05, 0.1) is 18.3 Å². The molecule has 332 valence electrons. The summed E-state index contributed by atoms with van der Waals surface area (Å²) in [5.74, 6) is -0.851. The summed E-state index contributed by atoms with van der Waals surface area (Å²) >= 11 is 0. The highest BCUT2D eigenvalue weighted by Crippen LogP contribution is 2.67. The molecule has 1 aliphatic heterocycles. The highest BCUT2D eigenvalue weighted by atomic mass is 16.6. The Hall–Kier alpha value is -3.03. The number of methoxy groups -OCH3 is 1. The smallest absolute Gasteiger partial charge is 0.145 e. The first-order valence-electron chi connectivity index (χ1n) is 22.3. The van der Waals surface area contributed by atoms with Crippen LogP contribution in [0.3, 0.4) is 0 Å². The Morgan fingerprint density at radius 1 is 1.12 bits per heavy atom. The maximum Gasteiger partial charge on any atom is 0.145 e. The number of hydrogen-bond donors (Lipinski definition) is 7. The molecular weight excluding hydrogens is 757 g/mol. The largest absolute Gasteiger partial charge is 0.396 e. The molecule has 7 N–H and O–H groups in total. The number of benzene rings is 1. The van der Waals surface area contributed by atoms with Crippen molar-refractivity contribution < 1.29 is 39.8 Å². The number of hydrogen-bond acceptors (Lipinski definition) is 10. The van der Waals surface area contributed by atoms with Gasteiger partial charge in [0.1, 0.15) is 13.1 Å². The van der Waals surface area contributed by atoms with E-state index in [-0.39, 0.29) is 54.9 Å². The molecular formula is C50H74N2O8. The van der Waals surface area contributed by atoms with Gasteiger partial charge in [0.25, 0.3) is 0 Å². The third kappa shape index (κ3) is 10.8. The van der Waals surface area contributed by atoms with E-state index in [1.54, 1.807) is 7.11 Å². The van der Waals surface area contributed by atoms with Gasteiger partial charge < -0.3 is 45.6 Å². The molecule has 2 saturated carbocycles. The summed E-state index contributed by atoms with van der Waals surface area (Å²) < 4.78 is 11.2. The Bertz CT molecular complexity index is 1740. The molecule has 0 aromatic heterocycles. The van der Waals surface area contributed by atoms with Crippen LogP contribution in [0.2, 0.25) is 0 Å². The Morgan fingerprint density at radius 3 is 2.63 bits per heavy atom. The van der Waals surface area contributed by atoms with Crippen molar-refractivity contribution in [2.75, 3.05) is 60.5 Å². The van der Waals surface area contributed by atoms with Crippen molar-refractivity contribution in [2.24, 2.45) is 35.0 Å². The van der Waals surface area contributed by atoms with Gasteiger partial charge in [-0.2, -0.15) is 0 Å². The van der Waals surface area contributed by atoms with Crippen molar-refractivity contribution in [3.05, 3.63) is 106 Å². The first kappa shape index (κ1) is 48.0. The van der Waals surface area contributed by atoms with E-state index >= 15 is 0 Å². The Balaban J connectivity index is 1.45. The van der Waals surface area contributed by atoms with Gasteiger partial charge in [-0.15, -0.1) is 0 Å². The van der Waals surface area contributed by atoms with Gasteiger partial charge in [0.15, 0.2) is 0 Å². The molecule has 5 rings (SSSR count). The van der Waals surface area contributed by atoms with Gasteiger partial charge in [0.2, 0.25) is 0 Å². The number of carbonyl (C=O) groups is 1. The minimum Gasteiger partial charge on any atom is -0.396 e. The van der Waals surface area contributed by atoms with Gasteiger partial charge in [-0.1, -0.05) is 84.0 Å². The molecule has 0 unspecified atom stereocenters. The van der Waals surface area contributed by atoms with Gasteiger partial charge in [-0.25, -0.2) is 0 Å². The standard InChI is InChI=1S/C50H74N2O8/c1-35-13-14-41(28-38-10-7-11-39(27-38)29-48(52-31-35,19-8-24-53)22-26-59-5)36(2)9-6-12-43(33-60-34-56)44-17-20-50(47(44)57)46-40(18-25-54)15-16-42(45(46)37(3)32-55)30-49(50,58)21-23-51-4/h6-7,9-13,15-16,27,32,40-42,44,46-47,51-54,56-58H,2,8,14,17-26,28-31,33-34H2,1,3-5H3/b9-6+,35-13+,43-12-,45-37?/t40-,41-,42-,44-,46-,47+,48-,49+,50+/m0/s1. The first-order chi connectivity index (χ1) is 28.9. The summed E-state index contributed by atoms with van der Waals surface area (Å²) in [5, 5.41) is 62.5. The van der Waals surface area contributed by atoms with Gasteiger partial charge in [0, 0.05) is 56.3 Å². The molecule has 1 aromatic rings. The quantitative estimate of drug-likeness (QED) is 0.0303. The number of nitrogens with one attached hydrogen (secondary N) is 2. The number of aldehydes is 1. The lowest BCUT2D eigenvalue weighted by Crippen LogP contribution is -2.65. The molecule has 2 fully saturated rings. The molecule has 10 heteroatoms. The lowest BCUT2D eigenvalue weighted by Gasteiger charge is -2.61. The van der Waals surface area contributed by atoms with E-state index in [2.05, 4.69) is 72.7 Å².